The molecule has 0 bridgehead atoms. The van der Waals surface area contributed by atoms with Gasteiger partial charge in [0.2, 0.25) is 0 Å². The van der Waals surface area contributed by atoms with Crippen LogP contribution in [0.25, 0.3) is 0 Å². The second kappa shape index (κ2) is 41.6. The van der Waals surface area contributed by atoms with E-state index in [-0.39, 0.29) is 41.4 Å². The lowest BCUT2D eigenvalue weighted by Gasteiger charge is -2.16. The largest absolute Gasteiger partial charge is 0.465 e. The Morgan fingerprint density at radius 2 is 0.907 bits per heavy atom. The summed E-state index contributed by atoms with van der Waals surface area (Å²) in [5.74, 6) is 0.422. The maximum absolute atomic E-state index is 12.4. The fraction of sp³-hybridized carbons (Fsp3) is 0.867. The van der Waals surface area contributed by atoms with Crippen molar-refractivity contribution in [1.82, 2.24) is 5.32 Å². The van der Waals surface area contributed by atoms with Gasteiger partial charge in [0, 0.05) is 13.0 Å². The predicted molar refractivity (Wildman–Crippen MR) is 226 cm³/mol. The third kappa shape index (κ3) is 37.7. The number of rotatable bonds is 32. The first-order valence-electron chi connectivity index (χ1n) is 22.0. The first-order chi connectivity index (χ1) is 25.9. The van der Waals surface area contributed by atoms with Gasteiger partial charge in [0.25, 0.3) is 0 Å². The highest BCUT2D eigenvalue weighted by Crippen LogP contribution is 2.20. The summed E-state index contributed by atoms with van der Waals surface area (Å²) in [5, 5.41) is 3.10. The molecule has 9 heteroatoms. The van der Waals surface area contributed by atoms with E-state index in [9.17, 15) is 19.2 Å². The summed E-state index contributed by atoms with van der Waals surface area (Å²) in [7, 11) is 0. The summed E-state index contributed by atoms with van der Waals surface area (Å²) < 4.78 is 16.2. The van der Waals surface area contributed by atoms with Crippen LogP contribution in [0, 0.1) is 17.8 Å². The molecule has 3 N–H and O–H groups in total. The number of ketones is 1. The van der Waals surface area contributed by atoms with Crippen molar-refractivity contribution in [2.45, 2.75) is 210 Å². The second-order valence-electron chi connectivity index (χ2n) is 15.1. The van der Waals surface area contributed by atoms with Gasteiger partial charge in [-0.3, -0.25) is 14.4 Å². The van der Waals surface area contributed by atoms with Gasteiger partial charge in [-0.1, -0.05) is 132 Å². The van der Waals surface area contributed by atoms with E-state index in [0.29, 0.717) is 64.3 Å². The highest BCUT2D eigenvalue weighted by Gasteiger charge is 2.20. The van der Waals surface area contributed by atoms with Gasteiger partial charge in [-0.25, -0.2) is 0 Å². The number of esters is 3. The van der Waals surface area contributed by atoms with E-state index in [4.69, 9.17) is 19.9 Å². The minimum absolute atomic E-state index is 0.0319. The summed E-state index contributed by atoms with van der Waals surface area (Å²) in [5.41, 5.74) is 6.85. The molecule has 0 saturated heterocycles. The van der Waals surface area contributed by atoms with E-state index < -0.39 is 0 Å². The second-order valence-corrected chi connectivity index (χ2v) is 15.1. The Labute approximate surface area is 333 Å². The Kier molecular flexibility index (Phi) is 42.9. The van der Waals surface area contributed by atoms with Crippen molar-refractivity contribution in [3.8, 4) is 0 Å². The fourth-order valence-electron chi connectivity index (χ4n) is 5.44. The SMILES string of the molecule is CCC.CCCCCCC(CCCC)C(=O)OCCCC(C)=O.CCCCCCC(CCCC)C(=O)OCCCCOC(=O)C(C)CCNC(N)=C(C)C. The molecule has 320 valence electrons. The zero-order valence-corrected chi connectivity index (χ0v) is 37.1. The van der Waals surface area contributed by atoms with Crippen molar-refractivity contribution in [3.05, 3.63) is 11.4 Å². The lowest BCUT2D eigenvalue weighted by Crippen LogP contribution is -2.26. The summed E-state index contributed by atoms with van der Waals surface area (Å²) in [4.78, 5) is 47.3. The van der Waals surface area contributed by atoms with Gasteiger partial charge in [-0.2, -0.15) is 0 Å². The molecule has 0 aromatic carbocycles. The molecule has 0 fully saturated rings. The van der Waals surface area contributed by atoms with Crippen LogP contribution in [-0.4, -0.2) is 50.1 Å². The van der Waals surface area contributed by atoms with Gasteiger partial charge in [0.15, 0.2) is 0 Å². The van der Waals surface area contributed by atoms with Crippen LogP contribution < -0.4 is 11.1 Å². The summed E-state index contributed by atoms with van der Waals surface area (Å²) in [6.45, 7) is 22.0. The van der Waals surface area contributed by atoms with Crippen LogP contribution in [0.4, 0.5) is 0 Å². The fourth-order valence-corrected chi connectivity index (χ4v) is 5.44. The van der Waals surface area contributed by atoms with Gasteiger partial charge in [-0.15, -0.1) is 0 Å². The molecule has 0 amide bonds. The number of nitrogens with one attached hydrogen (secondary N) is 1. The smallest absolute Gasteiger partial charge is 0.308 e. The van der Waals surface area contributed by atoms with Gasteiger partial charge in [-0.05, 0) is 77.7 Å². The standard InChI is InChI=1S/C25H48N2O4.C17H32O3.C3H8/c1-6-8-10-11-15-22(14-9-7-2)25(29)31-19-13-12-18-30-24(28)21(5)16-17-27-23(26)20(3)4;1-4-6-8-9-13-16(12-7-5-2)17(19)20-14-10-11-15(3)18;1-3-2/h21-22,27H,6-19,26H2,1-5H3;16H,4-14H2,1-3H3;3H2,1-2H3. The molecule has 3 atom stereocenters. The number of hydrogen-bond acceptors (Lipinski definition) is 9. The molecule has 0 rings (SSSR count). The Morgan fingerprint density at radius 3 is 1.30 bits per heavy atom. The number of carbonyl (C=O) groups excluding carboxylic acids is 4. The molecule has 0 aliphatic rings. The summed E-state index contributed by atoms with van der Waals surface area (Å²) in [6, 6.07) is 0. The summed E-state index contributed by atoms with van der Waals surface area (Å²) in [6.07, 6.45) is 22.1. The average molecular weight is 769 g/mol. The molecule has 3 unspecified atom stereocenters. The van der Waals surface area contributed by atoms with Crippen LogP contribution >= 0.6 is 0 Å². The Balaban J connectivity index is -0.000000970. The van der Waals surface area contributed by atoms with Crippen molar-refractivity contribution < 1.29 is 33.4 Å². The minimum atomic E-state index is -0.193. The molecule has 0 heterocycles. The first kappa shape index (κ1) is 55.8. The molecular formula is C45H88N2O7. The molecule has 0 aliphatic heterocycles. The quantitative estimate of drug-likeness (QED) is 0.0389. The molecule has 0 aromatic heterocycles. The summed E-state index contributed by atoms with van der Waals surface area (Å²) >= 11 is 0. The molecule has 54 heavy (non-hydrogen) atoms. The maximum atomic E-state index is 12.4. The molecule has 9 nitrogen and oxygen atoms in total. The van der Waals surface area contributed by atoms with Crippen molar-refractivity contribution in [3.63, 3.8) is 0 Å². The number of hydrogen-bond donors (Lipinski definition) is 2. The predicted octanol–water partition coefficient (Wildman–Crippen LogP) is 11.5. The van der Waals surface area contributed by atoms with Gasteiger partial charge in [0.1, 0.15) is 5.78 Å². The van der Waals surface area contributed by atoms with E-state index in [1.165, 1.54) is 44.9 Å². The lowest BCUT2D eigenvalue weighted by molar-refractivity contribution is -0.151. The van der Waals surface area contributed by atoms with Crippen LogP contribution in [0.15, 0.2) is 11.4 Å². The number of unbranched alkanes of at least 4 members (excludes halogenated alkanes) is 9. The number of ether oxygens (including phenoxy) is 3. The zero-order chi connectivity index (χ0) is 41.4. The minimum Gasteiger partial charge on any atom is -0.465 e. The third-order valence-electron chi connectivity index (χ3n) is 9.07. The molecule has 0 spiro atoms. The average Bonchev–Trinajstić information content (AvgIpc) is 3.14. The van der Waals surface area contributed by atoms with Crippen molar-refractivity contribution in [2.24, 2.45) is 23.5 Å². The van der Waals surface area contributed by atoms with E-state index in [1.54, 1.807) is 6.92 Å². The molecule has 0 radical (unpaired) electrons. The Morgan fingerprint density at radius 1 is 0.519 bits per heavy atom. The number of allylic oxidation sites excluding steroid dienone is 1. The third-order valence-corrected chi connectivity index (χ3v) is 9.07. The van der Waals surface area contributed by atoms with E-state index in [2.05, 4.69) is 46.9 Å². The topological polar surface area (TPSA) is 134 Å². The highest BCUT2D eigenvalue weighted by molar-refractivity contribution is 5.75. The number of Topliss-reactive ketones (excluding diaryl/α,β-unsaturated/α-hetero) is 1. The van der Waals surface area contributed by atoms with Crippen LogP contribution in [0.5, 0.6) is 0 Å². The van der Waals surface area contributed by atoms with Gasteiger partial charge >= 0.3 is 17.9 Å². The van der Waals surface area contributed by atoms with Crippen LogP contribution in [0.2, 0.25) is 0 Å². The number of carbonyl (C=O) groups is 4. The van der Waals surface area contributed by atoms with Crippen molar-refractivity contribution in [2.75, 3.05) is 26.4 Å². The van der Waals surface area contributed by atoms with E-state index in [0.717, 1.165) is 69.8 Å². The zero-order valence-electron chi connectivity index (χ0n) is 37.1. The monoisotopic (exact) mass is 769 g/mol. The first-order valence-corrected chi connectivity index (χ1v) is 22.0. The molecular weight excluding hydrogens is 681 g/mol. The van der Waals surface area contributed by atoms with Crippen LogP contribution in [0.1, 0.15) is 210 Å². The van der Waals surface area contributed by atoms with E-state index >= 15 is 0 Å². The van der Waals surface area contributed by atoms with Gasteiger partial charge in [0.05, 0.1) is 43.4 Å². The maximum Gasteiger partial charge on any atom is 0.308 e. The number of nitrogens with two attached hydrogens (primary N) is 1. The molecule has 0 aromatic rings. The van der Waals surface area contributed by atoms with Crippen molar-refractivity contribution in [1.29, 1.82) is 0 Å². The lowest BCUT2D eigenvalue weighted by atomic mass is 9.95. The highest BCUT2D eigenvalue weighted by atomic mass is 16.5. The van der Waals surface area contributed by atoms with Crippen LogP contribution in [-0.2, 0) is 33.4 Å². The molecule has 0 aliphatic carbocycles. The Bertz CT molecular complexity index is 933. The Hall–Kier alpha value is -2.58. The van der Waals surface area contributed by atoms with Crippen molar-refractivity contribution >= 4 is 23.7 Å². The normalized spacial score (nSPS) is 12.1. The van der Waals surface area contributed by atoms with Crippen LogP contribution in [0.3, 0.4) is 0 Å². The van der Waals surface area contributed by atoms with Gasteiger partial charge < -0.3 is 30.1 Å². The van der Waals surface area contributed by atoms with E-state index in [1.807, 2.05) is 20.8 Å². The molecule has 0 saturated carbocycles.